The van der Waals surface area contributed by atoms with E-state index in [0.717, 1.165) is 12.8 Å². The lowest BCUT2D eigenvalue weighted by atomic mass is 9.75. The van der Waals surface area contributed by atoms with Gasteiger partial charge in [0.2, 0.25) is 0 Å². The van der Waals surface area contributed by atoms with Gasteiger partial charge in [0, 0.05) is 0 Å². The standard InChI is InChI=1S/C21H29N/c1-16(2)14-18-10-8-9-13-20(18)21(22,15-17(3)4)19-11-6-5-7-12-19/h5-13,16-17H,14-15,22H2,1-4H3. The van der Waals surface area contributed by atoms with E-state index in [-0.39, 0.29) is 0 Å². The minimum Gasteiger partial charge on any atom is -0.318 e. The van der Waals surface area contributed by atoms with E-state index in [1.165, 1.54) is 16.7 Å². The van der Waals surface area contributed by atoms with Gasteiger partial charge in [-0.1, -0.05) is 82.3 Å². The van der Waals surface area contributed by atoms with Gasteiger partial charge in [-0.15, -0.1) is 0 Å². The molecule has 0 heterocycles. The number of rotatable bonds is 6. The Morgan fingerprint density at radius 2 is 1.41 bits per heavy atom. The van der Waals surface area contributed by atoms with Gasteiger partial charge in [-0.05, 0) is 41.4 Å². The van der Waals surface area contributed by atoms with Gasteiger partial charge in [-0.3, -0.25) is 0 Å². The van der Waals surface area contributed by atoms with Crippen LogP contribution in [-0.2, 0) is 12.0 Å². The summed E-state index contributed by atoms with van der Waals surface area (Å²) in [6.45, 7) is 9.02. The van der Waals surface area contributed by atoms with Crippen LogP contribution >= 0.6 is 0 Å². The average molecular weight is 295 g/mol. The van der Waals surface area contributed by atoms with Crippen LogP contribution < -0.4 is 5.73 Å². The van der Waals surface area contributed by atoms with Crippen molar-refractivity contribution in [3.05, 3.63) is 71.3 Å². The molecule has 2 N–H and O–H groups in total. The Morgan fingerprint density at radius 1 is 0.818 bits per heavy atom. The third kappa shape index (κ3) is 3.78. The van der Waals surface area contributed by atoms with Crippen molar-refractivity contribution in [2.75, 3.05) is 0 Å². The molecule has 0 fully saturated rings. The van der Waals surface area contributed by atoms with Crippen LogP contribution in [0.2, 0.25) is 0 Å². The van der Waals surface area contributed by atoms with Crippen molar-refractivity contribution in [1.29, 1.82) is 0 Å². The lowest BCUT2D eigenvalue weighted by molar-refractivity contribution is 0.405. The summed E-state index contributed by atoms with van der Waals surface area (Å²) in [6.07, 6.45) is 2.02. The zero-order valence-electron chi connectivity index (χ0n) is 14.3. The van der Waals surface area contributed by atoms with Crippen LogP contribution in [0.3, 0.4) is 0 Å². The molecule has 0 aromatic heterocycles. The molecule has 2 aromatic carbocycles. The third-order valence-corrected chi connectivity index (χ3v) is 4.15. The second kappa shape index (κ2) is 7.11. The molecule has 0 saturated carbocycles. The summed E-state index contributed by atoms with van der Waals surface area (Å²) >= 11 is 0. The first kappa shape index (κ1) is 16.8. The fourth-order valence-electron chi connectivity index (χ4n) is 3.34. The van der Waals surface area contributed by atoms with Gasteiger partial charge in [0.1, 0.15) is 0 Å². The highest BCUT2D eigenvalue weighted by Gasteiger charge is 2.32. The summed E-state index contributed by atoms with van der Waals surface area (Å²) < 4.78 is 0. The van der Waals surface area contributed by atoms with E-state index < -0.39 is 5.54 Å². The topological polar surface area (TPSA) is 26.0 Å². The zero-order chi connectivity index (χ0) is 16.2. The van der Waals surface area contributed by atoms with E-state index in [1.54, 1.807) is 0 Å². The molecule has 0 aliphatic rings. The van der Waals surface area contributed by atoms with E-state index in [9.17, 15) is 0 Å². The van der Waals surface area contributed by atoms with E-state index in [2.05, 4.69) is 82.3 Å². The van der Waals surface area contributed by atoms with Gasteiger partial charge >= 0.3 is 0 Å². The summed E-state index contributed by atoms with van der Waals surface area (Å²) in [5, 5.41) is 0. The molecule has 0 aliphatic carbocycles. The molecule has 1 nitrogen and oxygen atoms in total. The Bertz CT molecular complexity index is 586. The maximum Gasteiger partial charge on any atom is 0.0670 e. The quantitative estimate of drug-likeness (QED) is 0.785. The van der Waals surface area contributed by atoms with Crippen molar-refractivity contribution in [3.63, 3.8) is 0 Å². The summed E-state index contributed by atoms with van der Waals surface area (Å²) in [4.78, 5) is 0. The predicted molar refractivity (Wildman–Crippen MR) is 95.8 cm³/mol. The molecule has 0 spiro atoms. The smallest absolute Gasteiger partial charge is 0.0670 e. The lowest BCUT2D eigenvalue weighted by Crippen LogP contribution is -2.40. The Kier molecular flexibility index (Phi) is 5.42. The highest BCUT2D eigenvalue weighted by atomic mass is 14.7. The predicted octanol–water partition coefficient (Wildman–Crippen LogP) is 5.13. The fourth-order valence-corrected chi connectivity index (χ4v) is 3.34. The first-order valence-corrected chi connectivity index (χ1v) is 8.36. The molecule has 0 bridgehead atoms. The number of benzene rings is 2. The Balaban J connectivity index is 2.55. The largest absolute Gasteiger partial charge is 0.318 e. The van der Waals surface area contributed by atoms with Crippen LogP contribution in [0.4, 0.5) is 0 Å². The van der Waals surface area contributed by atoms with E-state index in [1.807, 2.05) is 0 Å². The molecule has 2 rings (SSSR count). The van der Waals surface area contributed by atoms with E-state index in [4.69, 9.17) is 5.73 Å². The molecule has 1 atom stereocenters. The molecule has 1 unspecified atom stereocenters. The number of hydrogen-bond donors (Lipinski definition) is 1. The molecule has 1 heteroatoms. The van der Waals surface area contributed by atoms with Crippen molar-refractivity contribution in [2.24, 2.45) is 17.6 Å². The first-order chi connectivity index (χ1) is 10.4. The summed E-state index contributed by atoms with van der Waals surface area (Å²) in [7, 11) is 0. The Labute approximate surface area is 135 Å². The molecule has 0 amide bonds. The first-order valence-electron chi connectivity index (χ1n) is 8.36. The molecule has 118 valence electrons. The fraction of sp³-hybridized carbons (Fsp3) is 0.429. The van der Waals surface area contributed by atoms with Gasteiger partial charge in [-0.25, -0.2) is 0 Å². The van der Waals surface area contributed by atoms with Gasteiger partial charge < -0.3 is 5.73 Å². The van der Waals surface area contributed by atoms with Gasteiger partial charge in [-0.2, -0.15) is 0 Å². The Hall–Kier alpha value is -1.60. The second-order valence-corrected chi connectivity index (χ2v) is 7.19. The summed E-state index contributed by atoms with van der Waals surface area (Å²) in [5.74, 6) is 1.16. The van der Waals surface area contributed by atoms with Crippen molar-refractivity contribution < 1.29 is 0 Å². The van der Waals surface area contributed by atoms with E-state index >= 15 is 0 Å². The van der Waals surface area contributed by atoms with Gasteiger partial charge in [0.25, 0.3) is 0 Å². The third-order valence-electron chi connectivity index (χ3n) is 4.15. The zero-order valence-corrected chi connectivity index (χ0v) is 14.3. The maximum absolute atomic E-state index is 7.02. The average Bonchev–Trinajstić information content (AvgIpc) is 2.47. The minimum atomic E-state index is -0.416. The van der Waals surface area contributed by atoms with Crippen LogP contribution in [0.25, 0.3) is 0 Å². The van der Waals surface area contributed by atoms with Crippen molar-refractivity contribution >= 4 is 0 Å². The molecule has 22 heavy (non-hydrogen) atoms. The minimum absolute atomic E-state index is 0.416. The van der Waals surface area contributed by atoms with Crippen LogP contribution in [-0.4, -0.2) is 0 Å². The van der Waals surface area contributed by atoms with Crippen molar-refractivity contribution in [2.45, 2.75) is 46.1 Å². The second-order valence-electron chi connectivity index (χ2n) is 7.19. The molecule has 0 radical (unpaired) electrons. The highest BCUT2D eigenvalue weighted by Crippen LogP contribution is 2.35. The Morgan fingerprint density at radius 3 is 2.00 bits per heavy atom. The van der Waals surface area contributed by atoms with Gasteiger partial charge in [0.05, 0.1) is 5.54 Å². The molecule has 0 saturated heterocycles. The SMILES string of the molecule is CC(C)Cc1ccccc1C(N)(CC(C)C)c1ccccc1. The van der Waals surface area contributed by atoms with Crippen LogP contribution in [0, 0.1) is 11.8 Å². The van der Waals surface area contributed by atoms with Crippen LogP contribution in [0.15, 0.2) is 54.6 Å². The van der Waals surface area contributed by atoms with E-state index in [0.29, 0.717) is 11.8 Å². The highest BCUT2D eigenvalue weighted by molar-refractivity contribution is 5.42. The normalized spacial score (nSPS) is 14.3. The summed E-state index contributed by atoms with van der Waals surface area (Å²) in [6, 6.07) is 19.2. The number of nitrogens with two attached hydrogens (primary N) is 1. The summed E-state index contributed by atoms with van der Waals surface area (Å²) in [5.41, 5.74) is 10.5. The molecule has 0 aliphatic heterocycles. The van der Waals surface area contributed by atoms with Crippen molar-refractivity contribution in [3.8, 4) is 0 Å². The molecular weight excluding hydrogens is 266 g/mol. The van der Waals surface area contributed by atoms with Gasteiger partial charge in [0.15, 0.2) is 0 Å². The number of hydrogen-bond acceptors (Lipinski definition) is 1. The maximum atomic E-state index is 7.02. The van der Waals surface area contributed by atoms with Crippen LogP contribution in [0.1, 0.15) is 50.8 Å². The van der Waals surface area contributed by atoms with Crippen LogP contribution in [0.5, 0.6) is 0 Å². The molecule has 2 aromatic rings. The lowest BCUT2D eigenvalue weighted by Gasteiger charge is -2.34. The van der Waals surface area contributed by atoms with Crippen molar-refractivity contribution in [1.82, 2.24) is 0 Å². The molecular formula is C21H29N. The monoisotopic (exact) mass is 295 g/mol.